The zero-order valence-electron chi connectivity index (χ0n) is 7.52. The molecule has 0 N–H and O–H groups in total. The molecule has 0 unspecified atom stereocenters. The van der Waals surface area contributed by atoms with Gasteiger partial charge in [-0.2, -0.15) is 0 Å². The minimum absolute atomic E-state index is 0.141. The van der Waals surface area contributed by atoms with Crippen LogP contribution in [0.15, 0.2) is 0 Å². The highest BCUT2D eigenvalue weighted by Gasteiger charge is 2.53. The van der Waals surface area contributed by atoms with Gasteiger partial charge < -0.3 is 4.74 Å². The predicted octanol–water partition coefficient (Wildman–Crippen LogP) is 2.91. The first-order chi connectivity index (χ1) is 5.20. The molecule has 0 amide bonds. The monoisotopic (exact) mass is 153 g/mol. The molecule has 1 heteroatoms. The van der Waals surface area contributed by atoms with Crippen LogP contribution >= 0.6 is 0 Å². The lowest BCUT2D eigenvalue weighted by Crippen LogP contribution is -2.12. The molecule has 0 bridgehead atoms. The molecule has 0 spiro atoms. The summed E-state index contributed by atoms with van der Waals surface area (Å²) in [6.45, 7) is 4.36. The summed E-state index contributed by atoms with van der Waals surface area (Å²) in [6.07, 6.45) is 8.39. The summed E-state index contributed by atoms with van der Waals surface area (Å²) in [5, 5.41) is 0. The van der Waals surface area contributed by atoms with Crippen molar-refractivity contribution in [2.75, 3.05) is 0 Å². The molecule has 1 aliphatic heterocycles. The normalized spacial score (nSPS) is 32.2. The molecule has 1 aliphatic carbocycles. The first kappa shape index (κ1) is 7.60. The van der Waals surface area contributed by atoms with Crippen molar-refractivity contribution in [3.63, 3.8) is 0 Å². The molecule has 11 heavy (non-hydrogen) atoms. The van der Waals surface area contributed by atoms with E-state index < -0.39 is 0 Å². The molecule has 1 radical (unpaired) electrons. The van der Waals surface area contributed by atoms with Crippen LogP contribution in [0.1, 0.15) is 46.0 Å². The van der Waals surface area contributed by atoms with Crippen molar-refractivity contribution in [3.05, 3.63) is 6.10 Å². The number of rotatable bonds is 1. The molecular weight excluding hydrogens is 136 g/mol. The van der Waals surface area contributed by atoms with Crippen molar-refractivity contribution in [1.82, 2.24) is 0 Å². The highest BCUT2D eigenvalue weighted by Crippen LogP contribution is 2.52. The van der Waals surface area contributed by atoms with Gasteiger partial charge in [-0.05, 0) is 32.6 Å². The average molecular weight is 153 g/mol. The molecule has 2 fully saturated rings. The third-order valence-corrected chi connectivity index (χ3v) is 2.89. The summed E-state index contributed by atoms with van der Waals surface area (Å²) in [4.78, 5) is 0. The van der Waals surface area contributed by atoms with E-state index in [0.717, 1.165) is 5.92 Å². The number of epoxide rings is 1. The molecule has 1 heterocycles. The van der Waals surface area contributed by atoms with Gasteiger partial charge in [-0.15, -0.1) is 0 Å². The molecule has 2 rings (SSSR count). The molecule has 1 saturated heterocycles. The van der Waals surface area contributed by atoms with Crippen LogP contribution in [0.5, 0.6) is 0 Å². The van der Waals surface area contributed by atoms with Crippen LogP contribution < -0.4 is 0 Å². The largest absolute Gasteiger partial charge is 0.360 e. The maximum absolute atomic E-state index is 5.56. The average Bonchev–Trinajstić information content (AvgIpc) is 2.62. The number of hydrogen-bond acceptors (Lipinski definition) is 1. The topological polar surface area (TPSA) is 12.5 Å². The van der Waals surface area contributed by atoms with Gasteiger partial charge >= 0.3 is 0 Å². The van der Waals surface area contributed by atoms with Crippen LogP contribution in [0.4, 0.5) is 0 Å². The summed E-state index contributed by atoms with van der Waals surface area (Å²) in [6, 6.07) is 0. The Kier molecular flexibility index (Phi) is 1.71. The summed E-state index contributed by atoms with van der Waals surface area (Å²) in [7, 11) is 0. The van der Waals surface area contributed by atoms with Gasteiger partial charge in [0.25, 0.3) is 0 Å². The maximum Gasteiger partial charge on any atom is 0.132 e. The van der Waals surface area contributed by atoms with Crippen molar-refractivity contribution in [1.29, 1.82) is 0 Å². The summed E-state index contributed by atoms with van der Waals surface area (Å²) in [5.41, 5.74) is 0.141. The van der Waals surface area contributed by atoms with Crippen molar-refractivity contribution in [3.8, 4) is 0 Å². The standard InChI is InChI=1S/C10H17O/c1-10(2)9(11-10)8-6-4-3-5-7-8/h8H,3-7H2,1-2H3. The Morgan fingerprint density at radius 3 is 2.18 bits per heavy atom. The zero-order valence-corrected chi connectivity index (χ0v) is 7.52. The van der Waals surface area contributed by atoms with Gasteiger partial charge in [0.15, 0.2) is 0 Å². The summed E-state index contributed by atoms with van der Waals surface area (Å²) >= 11 is 0. The molecule has 1 nitrogen and oxygen atoms in total. The van der Waals surface area contributed by atoms with Gasteiger partial charge in [-0.25, -0.2) is 0 Å². The van der Waals surface area contributed by atoms with E-state index in [4.69, 9.17) is 4.74 Å². The Balaban J connectivity index is 1.86. The van der Waals surface area contributed by atoms with Crippen molar-refractivity contribution in [2.45, 2.75) is 51.6 Å². The number of ether oxygens (including phenoxy) is 1. The first-order valence-corrected chi connectivity index (χ1v) is 4.76. The van der Waals surface area contributed by atoms with E-state index in [1.165, 1.54) is 38.2 Å². The third-order valence-electron chi connectivity index (χ3n) is 2.89. The third kappa shape index (κ3) is 1.44. The second kappa shape index (κ2) is 2.48. The van der Waals surface area contributed by atoms with Gasteiger partial charge in [0.2, 0.25) is 0 Å². The van der Waals surface area contributed by atoms with Crippen LogP contribution in [0.2, 0.25) is 0 Å². The smallest absolute Gasteiger partial charge is 0.132 e. The van der Waals surface area contributed by atoms with Gasteiger partial charge in [0.1, 0.15) is 6.10 Å². The Hall–Kier alpha value is -0.0400. The molecule has 0 atom stereocenters. The summed E-state index contributed by atoms with van der Waals surface area (Å²) < 4.78 is 5.56. The van der Waals surface area contributed by atoms with Gasteiger partial charge in [0, 0.05) is 0 Å². The van der Waals surface area contributed by atoms with E-state index in [1.807, 2.05) is 0 Å². The minimum Gasteiger partial charge on any atom is -0.360 e. The second-order valence-corrected chi connectivity index (χ2v) is 4.31. The minimum atomic E-state index is 0.141. The highest BCUT2D eigenvalue weighted by atomic mass is 16.6. The Morgan fingerprint density at radius 2 is 1.73 bits per heavy atom. The van der Waals surface area contributed by atoms with E-state index in [-0.39, 0.29) is 5.60 Å². The van der Waals surface area contributed by atoms with Crippen molar-refractivity contribution >= 4 is 0 Å². The highest BCUT2D eigenvalue weighted by molar-refractivity contribution is 5.15. The van der Waals surface area contributed by atoms with Crippen LogP contribution in [0, 0.1) is 12.0 Å². The maximum atomic E-state index is 5.56. The van der Waals surface area contributed by atoms with Crippen LogP contribution in [0.3, 0.4) is 0 Å². The fourth-order valence-corrected chi connectivity index (χ4v) is 2.19. The van der Waals surface area contributed by atoms with Crippen LogP contribution in [-0.4, -0.2) is 5.60 Å². The Bertz CT molecular complexity index is 145. The SMILES string of the molecule is CC1(C)O[C]1C1CCCCC1. The van der Waals surface area contributed by atoms with E-state index in [9.17, 15) is 0 Å². The number of hydrogen-bond donors (Lipinski definition) is 0. The predicted molar refractivity (Wildman–Crippen MR) is 45.0 cm³/mol. The molecule has 1 saturated carbocycles. The fourth-order valence-electron chi connectivity index (χ4n) is 2.19. The fraction of sp³-hybridized carbons (Fsp3) is 0.900. The molecule has 2 aliphatic rings. The zero-order chi connectivity index (χ0) is 7.90. The molecule has 0 aromatic rings. The van der Waals surface area contributed by atoms with E-state index in [1.54, 1.807) is 0 Å². The Labute approximate surface area is 69.1 Å². The first-order valence-electron chi connectivity index (χ1n) is 4.76. The van der Waals surface area contributed by atoms with Gasteiger partial charge in [0.05, 0.1) is 5.60 Å². The second-order valence-electron chi connectivity index (χ2n) is 4.31. The van der Waals surface area contributed by atoms with E-state index in [0.29, 0.717) is 0 Å². The lowest BCUT2D eigenvalue weighted by atomic mass is 9.84. The quantitative estimate of drug-likeness (QED) is 0.528. The van der Waals surface area contributed by atoms with Crippen molar-refractivity contribution in [2.24, 2.45) is 5.92 Å². The van der Waals surface area contributed by atoms with Gasteiger partial charge in [-0.3, -0.25) is 0 Å². The lowest BCUT2D eigenvalue weighted by molar-refractivity contribution is 0.301. The van der Waals surface area contributed by atoms with E-state index in [2.05, 4.69) is 13.8 Å². The lowest BCUT2D eigenvalue weighted by Gasteiger charge is -2.19. The molecule has 0 aromatic heterocycles. The van der Waals surface area contributed by atoms with Crippen LogP contribution in [-0.2, 0) is 4.74 Å². The Morgan fingerprint density at radius 1 is 1.18 bits per heavy atom. The van der Waals surface area contributed by atoms with Crippen LogP contribution in [0.25, 0.3) is 0 Å². The van der Waals surface area contributed by atoms with Crippen molar-refractivity contribution < 1.29 is 4.74 Å². The van der Waals surface area contributed by atoms with Gasteiger partial charge in [-0.1, -0.05) is 19.3 Å². The molecule has 63 valence electrons. The molecule has 0 aromatic carbocycles. The molecular formula is C10H17O. The van der Waals surface area contributed by atoms with E-state index >= 15 is 0 Å². The summed E-state index contributed by atoms with van der Waals surface area (Å²) in [5.74, 6) is 0.804.